The second kappa shape index (κ2) is 9.44. The summed E-state index contributed by atoms with van der Waals surface area (Å²) in [7, 11) is 0. The van der Waals surface area contributed by atoms with Gasteiger partial charge in [0.1, 0.15) is 0 Å². The molecule has 0 aromatic heterocycles. The molecule has 0 atom stereocenters. The van der Waals surface area contributed by atoms with Crippen molar-refractivity contribution in [1.82, 2.24) is 0 Å². The van der Waals surface area contributed by atoms with Crippen molar-refractivity contribution >= 4 is 17.1 Å². The SMILES string of the molecule is CC1(C)c2ccccc2N(c2ccccc2)c2ccc(-c3ccc4c(c3)C3(c5ccccc5-c5ccccc53)c3ccccc3-4)cc21. The lowest BCUT2D eigenvalue weighted by molar-refractivity contribution is 0.632. The maximum atomic E-state index is 2.49. The summed E-state index contributed by atoms with van der Waals surface area (Å²) in [6, 6.07) is 61.1. The van der Waals surface area contributed by atoms with E-state index in [4.69, 9.17) is 0 Å². The third kappa shape index (κ3) is 3.39. The molecule has 1 heterocycles. The summed E-state index contributed by atoms with van der Waals surface area (Å²) < 4.78 is 0. The number of anilines is 3. The number of para-hydroxylation sites is 2. The molecule has 222 valence electrons. The summed E-state index contributed by atoms with van der Waals surface area (Å²) in [5.74, 6) is 0. The van der Waals surface area contributed by atoms with E-state index in [1.807, 2.05) is 0 Å². The first-order valence-electron chi connectivity index (χ1n) is 16.6. The molecule has 10 rings (SSSR count). The zero-order chi connectivity index (χ0) is 31.3. The maximum absolute atomic E-state index is 2.49. The summed E-state index contributed by atoms with van der Waals surface area (Å²) in [6.45, 7) is 4.75. The first kappa shape index (κ1) is 26.5. The molecule has 0 fully saturated rings. The normalized spacial score (nSPS) is 15.3. The molecule has 0 saturated heterocycles. The van der Waals surface area contributed by atoms with E-state index in [0.717, 1.165) is 0 Å². The Hall–Kier alpha value is -5.66. The number of hydrogen-bond acceptors (Lipinski definition) is 1. The monoisotopic (exact) mass is 599 g/mol. The minimum atomic E-state index is -0.342. The van der Waals surface area contributed by atoms with Crippen molar-refractivity contribution in [1.29, 1.82) is 0 Å². The highest BCUT2D eigenvalue weighted by Gasteiger charge is 2.51. The fourth-order valence-corrected chi connectivity index (χ4v) is 9.01. The Morgan fingerprint density at radius 3 is 1.43 bits per heavy atom. The third-order valence-corrected chi connectivity index (χ3v) is 11.1. The van der Waals surface area contributed by atoms with Crippen molar-refractivity contribution < 1.29 is 0 Å². The molecule has 7 aromatic rings. The van der Waals surface area contributed by atoms with E-state index in [0.29, 0.717) is 0 Å². The summed E-state index contributed by atoms with van der Waals surface area (Å²) in [6.07, 6.45) is 0. The largest absolute Gasteiger partial charge is 0.310 e. The van der Waals surface area contributed by atoms with Gasteiger partial charge in [-0.15, -0.1) is 0 Å². The lowest BCUT2D eigenvalue weighted by atomic mass is 9.70. The molecule has 1 aliphatic heterocycles. The lowest BCUT2D eigenvalue weighted by Gasteiger charge is -2.42. The van der Waals surface area contributed by atoms with Crippen LogP contribution in [0.15, 0.2) is 164 Å². The highest BCUT2D eigenvalue weighted by atomic mass is 15.2. The van der Waals surface area contributed by atoms with Gasteiger partial charge in [0.25, 0.3) is 0 Å². The highest BCUT2D eigenvalue weighted by Crippen LogP contribution is 2.63. The van der Waals surface area contributed by atoms with Crippen LogP contribution in [0.2, 0.25) is 0 Å². The van der Waals surface area contributed by atoms with Crippen LogP contribution >= 0.6 is 0 Å². The molecule has 0 radical (unpaired) electrons. The molecule has 0 unspecified atom stereocenters. The van der Waals surface area contributed by atoms with E-state index < -0.39 is 0 Å². The van der Waals surface area contributed by atoms with Gasteiger partial charge in [0.15, 0.2) is 0 Å². The van der Waals surface area contributed by atoms with Crippen LogP contribution in [0.25, 0.3) is 33.4 Å². The number of fused-ring (bicyclic) bond motifs is 12. The minimum absolute atomic E-state index is 0.162. The quantitative estimate of drug-likeness (QED) is 0.191. The van der Waals surface area contributed by atoms with Crippen LogP contribution in [-0.4, -0.2) is 0 Å². The number of hydrogen-bond donors (Lipinski definition) is 0. The van der Waals surface area contributed by atoms with Gasteiger partial charge in [0, 0.05) is 11.1 Å². The average molecular weight is 600 g/mol. The molecule has 3 aliphatic rings. The number of benzene rings is 7. The van der Waals surface area contributed by atoms with Crippen LogP contribution < -0.4 is 4.90 Å². The predicted molar refractivity (Wildman–Crippen MR) is 195 cm³/mol. The Labute approximate surface area is 276 Å². The first-order valence-corrected chi connectivity index (χ1v) is 16.6. The average Bonchev–Trinajstić information content (AvgIpc) is 3.59. The molecule has 1 spiro atoms. The van der Waals surface area contributed by atoms with Crippen LogP contribution in [0.5, 0.6) is 0 Å². The molecule has 0 amide bonds. The van der Waals surface area contributed by atoms with Crippen molar-refractivity contribution in [3.05, 3.63) is 197 Å². The highest BCUT2D eigenvalue weighted by molar-refractivity contribution is 5.96. The fraction of sp³-hybridized carbons (Fsp3) is 0.0870. The lowest BCUT2D eigenvalue weighted by Crippen LogP contribution is -2.30. The van der Waals surface area contributed by atoms with Crippen molar-refractivity contribution in [2.75, 3.05) is 4.90 Å². The Bertz CT molecular complexity index is 2330. The molecular formula is C46H33N. The summed E-state index contributed by atoms with van der Waals surface area (Å²) >= 11 is 0. The van der Waals surface area contributed by atoms with Gasteiger partial charge in [0.2, 0.25) is 0 Å². The smallest absolute Gasteiger partial charge is 0.0725 e. The molecular weight excluding hydrogens is 567 g/mol. The van der Waals surface area contributed by atoms with Gasteiger partial charge in [-0.05, 0) is 103 Å². The topological polar surface area (TPSA) is 3.24 Å². The predicted octanol–water partition coefficient (Wildman–Crippen LogP) is 11.8. The molecule has 0 N–H and O–H groups in total. The Kier molecular flexibility index (Phi) is 5.33. The van der Waals surface area contributed by atoms with Crippen LogP contribution in [0.4, 0.5) is 17.1 Å². The van der Waals surface area contributed by atoms with Gasteiger partial charge in [-0.25, -0.2) is 0 Å². The van der Waals surface area contributed by atoms with Gasteiger partial charge < -0.3 is 4.90 Å². The molecule has 1 nitrogen and oxygen atoms in total. The maximum Gasteiger partial charge on any atom is 0.0725 e. The molecule has 0 saturated carbocycles. The Balaban J connectivity index is 1.21. The van der Waals surface area contributed by atoms with E-state index in [9.17, 15) is 0 Å². The van der Waals surface area contributed by atoms with Gasteiger partial charge >= 0.3 is 0 Å². The zero-order valence-corrected chi connectivity index (χ0v) is 26.5. The van der Waals surface area contributed by atoms with E-state index >= 15 is 0 Å². The summed E-state index contributed by atoms with van der Waals surface area (Å²) in [5.41, 5.74) is 19.2. The van der Waals surface area contributed by atoms with Crippen molar-refractivity contribution in [3.8, 4) is 33.4 Å². The van der Waals surface area contributed by atoms with Gasteiger partial charge in [0.05, 0.1) is 16.8 Å². The van der Waals surface area contributed by atoms with Crippen molar-refractivity contribution in [2.45, 2.75) is 24.7 Å². The minimum Gasteiger partial charge on any atom is -0.310 e. The van der Waals surface area contributed by atoms with Gasteiger partial charge in [-0.1, -0.05) is 141 Å². The first-order chi connectivity index (χ1) is 23.1. The van der Waals surface area contributed by atoms with E-state index in [2.05, 4.69) is 183 Å². The van der Waals surface area contributed by atoms with Crippen LogP contribution in [0.1, 0.15) is 47.2 Å². The molecule has 47 heavy (non-hydrogen) atoms. The van der Waals surface area contributed by atoms with E-state index in [1.54, 1.807) is 0 Å². The molecule has 7 aromatic carbocycles. The van der Waals surface area contributed by atoms with Crippen LogP contribution in [0.3, 0.4) is 0 Å². The number of rotatable bonds is 2. The summed E-state index contributed by atoms with van der Waals surface area (Å²) in [4.78, 5) is 2.43. The standard InChI is InChI=1S/C46H33N/c1-45(2)40-22-12-13-23-43(40)47(32-14-4-3-5-15-32)44-27-25-31(29-42(44)45)30-24-26-36-35-18-8-11-21-39(35)46(41(36)28-30)37-19-9-6-16-33(37)34-17-7-10-20-38(34)46/h3-29H,1-2H3. The molecule has 2 aliphatic carbocycles. The van der Waals surface area contributed by atoms with Crippen molar-refractivity contribution in [3.63, 3.8) is 0 Å². The van der Waals surface area contributed by atoms with Gasteiger partial charge in [-0.3, -0.25) is 0 Å². The van der Waals surface area contributed by atoms with Crippen LogP contribution in [0, 0.1) is 0 Å². The second-order valence-corrected chi connectivity index (χ2v) is 13.7. The van der Waals surface area contributed by atoms with Crippen LogP contribution in [-0.2, 0) is 10.8 Å². The Morgan fingerprint density at radius 1 is 0.362 bits per heavy atom. The van der Waals surface area contributed by atoms with Gasteiger partial charge in [-0.2, -0.15) is 0 Å². The van der Waals surface area contributed by atoms with E-state index in [1.165, 1.54) is 83.8 Å². The molecule has 1 heteroatoms. The Morgan fingerprint density at radius 2 is 0.809 bits per heavy atom. The molecule has 0 bridgehead atoms. The zero-order valence-electron chi connectivity index (χ0n) is 26.5. The van der Waals surface area contributed by atoms with E-state index in [-0.39, 0.29) is 10.8 Å². The summed E-state index contributed by atoms with van der Waals surface area (Å²) in [5, 5.41) is 0. The fourth-order valence-electron chi connectivity index (χ4n) is 9.01. The third-order valence-electron chi connectivity index (χ3n) is 11.1. The van der Waals surface area contributed by atoms with Crippen molar-refractivity contribution in [2.24, 2.45) is 0 Å². The second-order valence-electron chi connectivity index (χ2n) is 13.7. The number of nitrogens with zero attached hydrogens (tertiary/aromatic N) is 1.